The molecule has 2 aromatic heterocycles. The number of carbonyl (C=O) groups is 1. The molecule has 0 saturated heterocycles. The number of methoxy groups -OCH3 is 2. The van der Waals surface area contributed by atoms with Crippen molar-refractivity contribution in [3.05, 3.63) is 49.7 Å². The fourth-order valence-corrected chi connectivity index (χ4v) is 3.30. The zero-order chi connectivity index (χ0) is 16.7. The molecule has 0 unspecified atom stereocenters. The van der Waals surface area contributed by atoms with Crippen LogP contribution in [0.2, 0.25) is 0 Å². The first-order valence-corrected chi connectivity index (χ1v) is 7.27. The maximum Gasteiger partial charge on any atom is 0.343 e. The molecule has 2 heterocycles. The van der Waals surface area contributed by atoms with Gasteiger partial charge in [-0.15, -0.1) is 0 Å². The van der Waals surface area contributed by atoms with Crippen LogP contribution in [0.5, 0.6) is 11.5 Å². The number of hydrogen-bond acceptors (Lipinski definition) is 7. The number of aromatic hydroxyl groups is 1. The summed E-state index contributed by atoms with van der Waals surface area (Å²) < 4.78 is 10.8. The number of hydrogen-bond donors (Lipinski definition) is 1. The zero-order valence-corrected chi connectivity index (χ0v) is 13.0. The number of rotatable bonds is 2. The Labute approximate surface area is 132 Å². The molecule has 0 aliphatic rings. The van der Waals surface area contributed by atoms with E-state index in [1.54, 1.807) is 18.2 Å². The minimum atomic E-state index is -0.892. The number of aromatic nitrogens is 1. The lowest BCUT2D eigenvalue weighted by Gasteiger charge is -2.10. The lowest BCUT2D eigenvalue weighted by molar-refractivity contribution is 0.0599. The first-order valence-electron chi connectivity index (χ1n) is 6.46. The molecule has 0 aliphatic heterocycles. The molecule has 3 aromatic rings. The molecule has 0 aliphatic carbocycles. The van der Waals surface area contributed by atoms with E-state index in [2.05, 4.69) is 4.74 Å². The summed E-state index contributed by atoms with van der Waals surface area (Å²) in [6.07, 6.45) is 0. The monoisotopic (exact) mass is 333 g/mol. The van der Waals surface area contributed by atoms with Crippen LogP contribution >= 0.6 is 11.3 Å². The standard InChI is InChI=1S/C15H11NO6S/c1-21-7-3-4-8-10(5-7)23-15(20)13-12(14(19)22-2)9(17)6-11(18)16(8)13/h3-6,17H,1-2H3. The number of carbonyl (C=O) groups excluding carboxylic acids is 1. The minimum absolute atomic E-state index is 0.204. The van der Waals surface area contributed by atoms with Crippen LogP contribution in [0, 0.1) is 0 Å². The summed E-state index contributed by atoms with van der Waals surface area (Å²) >= 11 is 0.846. The van der Waals surface area contributed by atoms with Gasteiger partial charge in [0.25, 0.3) is 10.3 Å². The molecule has 0 radical (unpaired) electrons. The molecule has 0 bridgehead atoms. The molecule has 0 fully saturated rings. The van der Waals surface area contributed by atoms with Gasteiger partial charge < -0.3 is 14.6 Å². The molecule has 0 saturated carbocycles. The average molecular weight is 333 g/mol. The summed E-state index contributed by atoms with van der Waals surface area (Å²) in [6, 6.07) is 5.75. The van der Waals surface area contributed by atoms with Crippen LogP contribution in [0.25, 0.3) is 15.7 Å². The summed E-state index contributed by atoms with van der Waals surface area (Å²) in [6.45, 7) is 0. The maximum atomic E-state index is 12.4. The molecular weight excluding hydrogens is 322 g/mol. The average Bonchev–Trinajstić information content (AvgIpc) is 2.53. The van der Waals surface area contributed by atoms with Crippen LogP contribution in [0.3, 0.4) is 0 Å². The van der Waals surface area contributed by atoms with E-state index in [1.165, 1.54) is 7.11 Å². The Kier molecular flexibility index (Phi) is 3.53. The Hall–Kier alpha value is -2.87. The van der Waals surface area contributed by atoms with Crippen molar-refractivity contribution in [1.82, 2.24) is 4.40 Å². The summed E-state index contributed by atoms with van der Waals surface area (Å²) in [4.78, 5) is 36.6. The fourth-order valence-electron chi connectivity index (χ4n) is 2.37. The van der Waals surface area contributed by atoms with Crippen molar-refractivity contribution in [2.75, 3.05) is 14.2 Å². The highest BCUT2D eigenvalue weighted by atomic mass is 32.1. The third kappa shape index (κ3) is 2.23. The third-order valence-electron chi connectivity index (χ3n) is 3.39. The van der Waals surface area contributed by atoms with Gasteiger partial charge in [-0.05, 0) is 18.2 Å². The van der Waals surface area contributed by atoms with E-state index in [0.29, 0.717) is 16.0 Å². The molecule has 0 amide bonds. The van der Waals surface area contributed by atoms with Gasteiger partial charge in [0.2, 0.25) is 0 Å². The molecule has 0 spiro atoms. The van der Waals surface area contributed by atoms with Crippen LogP contribution in [0.4, 0.5) is 0 Å². The topological polar surface area (TPSA) is 94.3 Å². The molecule has 118 valence electrons. The summed E-state index contributed by atoms with van der Waals surface area (Å²) in [7, 11) is 2.62. The zero-order valence-electron chi connectivity index (χ0n) is 12.2. The highest BCUT2D eigenvalue weighted by molar-refractivity contribution is 7.16. The molecule has 1 aromatic carbocycles. The predicted molar refractivity (Wildman–Crippen MR) is 84.9 cm³/mol. The van der Waals surface area contributed by atoms with E-state index in [0.717, 1.165) is 28.9 Å². The number of pyridine rings is 1. The highest BCUT2D eigenvalue weighted by Crippen LogP contribution is 2.26. The first-order chi connectivity index (χ1) is 11.0. The van der Waals surface area contributed by atoms with Gasteiger partial charge in [0.05, 0.1) is 24.4 Å². The number of benzene rings is 1. The Morgan fingerprint density at radius 1 is 1.22 bits per heavy atom. The normalized spacial score (nSPS) is 10.9. The summed E-state index contributed by atoms with van der Waals surface area (Å²) in [5.41, 5.74) is -0.721. The minimum Gasteiger partial charge on any atom is -0.507 e. The Bertz CT molecular complexity index is 1070. The highest BCUT2D eigenvalue weighted by Gasteiger charge is 2.22. The quantitative estimate of drug-likeness (QED) is 0.562. The number of esters is 1. The van der Waals surface area contributed by atoms with Crippen LogP contribution in [-0.2, 0) is 4.74 Å². The predicted octanol–water partition coefficient (Wildman–Crippen LogP) is 1.38. The van der Waals surface area contributed by atoms with Crippen molar-refractivity contribution in [3.8, 4) is 11.5 Å². The van der Waals surface area contributed by atoms with E-state index < -0.39 is 22.0 Å². The van der Waals surface area contributed by atoms with Crippen molar-refractivity contribution in [2.45, 2.75) is 0 Å². The Morgan fingerprint density at radius 3 is 2.61 bits per heavy atom. The van der Waals surface area contributed by atoms with Crippen LogP contribution in [0.15, 0.2) is 33.9 Å². The van der Waals surface area contributed by atoms with Gasteiger partial charge in [-0.1, -0.05) is 11.3 Å². The SMILES string of the molecule is COC(=O)c1c(O)cc(=O)n2c1c(=O)sc1cc(OC)ccc12. The number of nitrogens with zero attached hydrogens (tertiary/aromatic N) is 1. The molecule has 23 heavy (non-hydrogen) atoms. The van der Waals surface area contributed by atoms with E-state index in [9.17, 15) is 19.5 Å². The number of fused-ring (bicyclic) bond motifs is 3. The van der Waals surface area contributed by atoms with Crippen LogP contribution in [-0.4, -0.2) is 29.7 Å². The van der Waals surface area contributed by atoms with E-state index in [1.807, 2.05) is 0 Å². The lowest BCUT2D eigenvalue weighted by atomic mass is 10.2. The third-order valence-corrected chi connectivity index (χ3v) is 4.32. The molecule has 3 rings (SSSR count). The van der Waals surface area contributed by atoms with E-state index in [4.69, 9.17) is 4.74 Å². The second-order valence-electron chi connectivity index (χ2n) is 4.64. The van der Waals surface area contributed by atoms with Gasteiger partial charge in [0.15, 0.2) is 0 Å². The van der Waals surface area contributed by atoms with Crippen molar-refractivity contribution in [3.63, 3.8) is 0 Å². The van der Waals surface area contributed by atoms with Gasteiger partial charge in [0.1, 0.15) is 22.6 Å². The van der Waals surface area contributed by atoms with Crippen molar-refractivity contribution in [2.24, 2.45) is 0 Å². The van der Waals surface area contributed by atoms with Gasteiger partial charge in [0, 0.05) is 6.07 Å². The van der Waals surface area contributed by atoms with Gasteiger partial charge in [-0.25, -0.2) is 4.79 Å². The fraction of sp³-hybridized carbons (Fsp3) is 0.133. The Morgan fingerprint density at radius 2 is 1.96 bits per heavy atom. The van der Waals surface area contributed by atoms with E-state index in [-0.39, 0.29) is 11.1 Å². The maximum absolute atomic E-state index is 12.4. The van der Waals surface area contributed by atoms with E-state index >= 15 is 0 Å². The van der Waals surface area contributed by atoms with Gasteiger partial charge in [-0.2, -0.15) is 0 Å². The molecule has 1 N–H and O–H groups in total. The molecule has 7 nitrogen and oxygen atoms in total. The van der Waals surface area contributed by atoms with Gasteiger partial charge >= 0.3 is 5.97 Å². The second kappa shape index (κ2) is 5.40. The first kappa shape index (κ1) is 15.0. The Balaban J connectivity index is 2.60. The summed E-state index contributed by atoms with van der Waals surface area (Å²) in [5.74, 6) is -0.941. The van der Waals surface area contributed by atoms with Crippen LogP contribution < -0.4 is 15.0 Å². The van der Waals surface area contributed by atoms with Crippen molar-refractivity contribution >= 4 is 33.0 Å². The number of ether oxygens (including phenoxy) is 2. The molecule has 8 heteroatoms. The lowest BCUT2D eigenvalue weighted by Crippen LogP contribution is -2.21. The van der Waals surface area contributed by atoms with Gasteiger partial charge in [-0.3, -0.25) is 14.0 Å². The smallest absolute Gasteiger partial charge is 0.343 e. The van der Waals surface area contributed by atoms with Crippen LogP contribution in [0.1, 0.15) is 10.4 Å². The second-order valence-corrected chi connectivity index (χ2v) is 5.66. The largest absolute Gasteiger partial charge is 0.507 e. The van der Waals surface area contributed by atoms with Crippen molar-refractivity contribution in [1.29, 1.82) is 0 Å². The summed E-state index contributed by atoms with van der Waals surface area (Å²) in [5, 5.41) is 9.90. The van der Waals surface area contributed by atoms with Crippen molar-refractivity contribution < 1.29 is 19.4 Å². The molecule has 0 atom stereocenters. The molecular formula is C15H11NO6S.